The third-order valence-electron chi connectivity index (χ3n) is 2.80. The van der Waals surface area contributed by atoms with Gasteiger partial charge in [0, 0.05) is 5.56 Å². The van der Waals surface area contributed by atoms with Gasteiger partial charge >= 0.3 is 0 Å². The summed E-state index contributed by atoms with van der Waals surface area (Å²) >= 11 is 0. The number of carbonyl (C=O) groups excluding carboxylic acids is 1. The standard InChI is InChI=1S/C13H14N4O4/c1-7-11(21-6-15-7)13(18)16-9-4-3-8(12(14)17-19)5-10(9)20-2/h3-6,19H,1-2H3,(H2,14,17)(H,16,18). The molecule has 0 unspecified atom stereocenters. The Morgan fingerprint density at radius 1 is 1.52 bits per heavy atom. The SMILES string of the molecule is COc1cc(/C(N)=N/O)ccc1NC(=O)c1ocnc1C. The van der Waals surface area contributed by atoms with Gasteiger partial charge in [-0.3, -0.25) is 4.79 Å². The quantitative estimate of drug-likeness (QED) is 0.338. The number of hydrogen-bond acceptors (Lipinski definition) is 6. The van der Waals surface area contributed by atoms with E-state index in [9.17, 15) is 4.79 Å². The molecule has 0 aliphatic carbocycles. The molecule has 1 aromatic carbocycles. The molecule has 2 aromatic rings. The van der Waals surface area contributed by atoms with Crippen LogP contribution in [0.4, 0.5) is 5.69 Å². The van der Waals surface area contributed by atoms with E-state index in [-0.39, 0.29) is 11.6 Å². The summed E-state index contributed by atoms with van der Waals surface area (Å²) in [6, 6.07) is 4.70. The Kier molecular flexibility index (Phi) is 4.07. The number of benzene rings is 1. The molecule has 21 heavy (non-hydrogen) atoms. The highest BCUT2D eigenvalue weighted by Crippen LogP contribution is 2.26. The highest BCUT2D eigenvalue weighted by atomic mass is 16.5. The van der Waals surface area contributed by atoms with Crippen molar-refractivity contribution in [1.29, 1.82) is 0 Å². The lowest BCUT2D eigenvalue weighted by Crippen LogP contribution is -2.15. The first kappa shape index (κ1) is 14.4. The van der Waals surface area contributed by atoms with Crippen LogP contribution in [0.5, 0.6) is 5.75 Å². The van der Waals surface area contributed by atoms with E-state index in [1.54, 1.807) is 19.1 Å². The molecule has 0 aliphatic rings. The number of carbonyl (C=O) groups is 1. The molecule has 1 heterocycles. The second-order valence-electron chi connectivity index (χ2n) is 4.12. The smallest absolute Gasteiger partial charge is 0.293 e. The second kappa shape index (κ2) is 5.95. The minimum Gasteiger partial charge on any atom is -0.495 e. The number of aromatic nitrogens is 1. The minimum atomic E-state index is -0.445. The van der Waals surface area contributed by atoms with Gasteiger partial charge in [0.2, 0.25) is 5.76 Å². The van der Waals surface area contributed by atoms with Crippen molar-refractivity contribution in [2.45, 2.75) is 6.92 Å². The van der Waals surface area contributed by atoms with Crippen molar-refractivity contribution in [2.24, 2.45) is 10.9 Å². The van der Waals surface area contributed by atoms with Crippen LogP contribution in [0.2, 0.25) is 0 Å². The first-order valence-electron chi connectivity index (χ1n) is 5.94. The number of nitrogens with zero attached hydrogens (tertiary/aromatic N) is 2. The molecule has 110 valence electrons. The van der Waals surface area contributed by atoms with E-state index in [1.807, 2.05) is 0 Å². The summed E-state index contributed by atoms with van der Waals surface area (Å²) in [7, 11) is 1.45. The van der Waals surface area contributed by atoms with Crippen LogP contribution in [0.3, 0.4) is 0 Å². The molecule has 8 nitrogen and oxygen atoms in total. The molecule has 0 bridgehead atoms. The van der Waals surface area contributed by atoms with Crippen LogP contribution in [-0.2, 0) is 0 Å². The van der Waals surface area contributed by atoms with Gasteiger partial charge in [0.15, 0.2) is 12.2 Å². The van der Waals surface area contributed by atoms with Crippen molar-refractivity contribution in [3.8, 4) is 5.75 Å². The topological polar surface area (TPSA) is 123 Å². The van der Waals surface area contributed by atoms with Crippen LogP contribution >= 0.6 is 0 Å². The summed E-state index contributed by atoms with van der Waals surface area (Å²) in [6.45, 7) is 1.66. The summed E-state index contributed by atoms with van der Waals surface area (Å²) in [5, 5.41) is 14.2. The number of rotatable bonds is 4. The van der Waals surface area contributed by atoms with Crippen molar-refractivity contribution in [3.63, 3.8) is 0 Å². The summed E-state index contributed by atoms with van der Waals surface area (Å²) < 4.78 is 10.2. The van der Waals surface area contributed by atoms with Gasteiger partial charge in [0.25, 0.3) is 5.91 Å². The average molecular weight is 290 g/mol. The Balaban J connectivity index is 2.28. The lowest BCUT2D eigenvalue weighted by atomic mass is 10.1. The molecule has 0 saturated carbocycles. The highest BCUT2D eigenvalue weighted by Gasteiger charge is 2.16. The first-order chi connectivity index (χ1) is 10.1. The molecule has 0 aliphatic heterocycles. The minimum absolute atomic E-state index is 0.0581. The van der Waals surface area contributed by atoms with Gasteiger partial charge < -0.3 is 25.4 Å². The van der Waals surface area contributed by atoms with Crippen molar-refractivity contribution < 1.29 is 19.2 Å². The zero-order valence-corrected chi connectivity index (χ0v) is 11.5. The van der Waals surface area contributed by atoms with Crippen LogP contribution in [0.1, 0.15) is 21.8 Å². The number of aryl methyl sites for hydroxylation is 1. The molecule has 1 amide bonds. The Labute approximate surface area is 120 Å². The first-order valence-corrected chi connectivity index (χ1v) is 5.94. The van der Waals surface area contributed by atoms with Crippen molar-refractivity contribution in [1.82, 2.24) is 4.98 Å². The van der Waals surface area contributed by atoms with Gasteiger partial charge in [-0.05, 0) is 25.1 Å². The van der Waals surface area contributed by atoms with Crippen molar-refractivity contribution in [3.05, 3.63) is 41.6 Å². The molecular formula is C13H14N4O4. The summed E-state index contributed by atoms with van der Waals surface area (Å²) in [6.07, 6.45) is 1.20. The Morgan fingerprint density at radius 3 is 2.86 bits per heavy atom. The van der Waals surface area contributed by atoms with Crippen LogP contribution in [0, 0.1) is 6.92 Å². The number of oxime groups is 1. The molecule has 4 N–H and O–H groups in total. The summed E-state index contributed by atoms with van der Waals surface area (Å²) in [5.41, 5.74) is 6.87. The van der Waals surface area contributed by atoms with Gasteiger partial charge in [-0.1, -0.05) is 5.16 Å². The van der Waals surface area contributed by atoms with Gasteiger partial charge in [-0.15, -0.1) is 0 Å². The van der Waals surface area contributed by atoms with Crippen LogP contribution in [0.15, 0.2) is 34.2 Å². The van der Waals surface area contributed by atoms with Crippen molar-refractivity contribution in [2.75, 3.05) is 12.4 Å². The highest BCUT2D eigenvalue weighted by molar-refractivity contribution is 6.04. The van der Waals surface area contributed by atoms with E-state index in [2.05, 4.69) is 15.5 Å². The maximum Gasteiger partial charge on any atom is 0.293 e. The number of ether oxygens (including phenoxy) is 1. The third kappa shape index (κ3) is 2.94. The van der Waals surface area contributed by atoms with E-state index in [0.717, 1.165) is 0 Å². The van der Waals surface area contributed by atoms with Gasteiger partial charge in [0.05, 0.1) is 18.5 Å². The van der Waals surface area contributed by atoms with Crippen molar-refractivity contribution >= 4 is 17.4 Å². The number of methoxy groups -OCH3 is 1. The van der Waals surface area contributed by atoms with Gasteiger partial charge in [0.1, 0.15) is 5.75 Å². The largest absolute Gasteiger partial charge is 0.495 e. The Bertz CT molecular complexity index is 693. The number of anilines is 1. The van der Waals surface area contributed by atoms with E-state index in [4.69, 9.17) is 20.1 Å². The third-order valence-corrected chi connectivity index (χ3v) is 2.80. The van der Waals surface area contributed by atoms with E-state index >= 15 is 0 Å². The lowest BCUT2D eigenvalue weighted by molar-refractivity contribution is 0.0995. The number of amidine groups is 1. The monoisotopic (exact) mass is 290 g/mol. The van der Waals surface area contributed by atoms with Crippen LogP contribution < -0.4 is 15.8 Å². The predicted molar refractivity (Wildman–Crippen MR) is 74.7 cm³/mol. The number of hydrogen-bond donors (Lipinski definition) is 3. The van der Waals surface area contributed by atoms with Gasteiger partial charge in [-0.2, -0.15) is 0 Å². The fourth-order valence-corrected chi connectivity index (χ4v) is 1.71. The fourth-order valence-electron chi connectivity index (χ4n) is 1.71. The number of nitrogens with two attached hydrogens (primary N) is 1. The average Bonchev–Trinajstić information content (AvgIpc) is 2.93. The molecule has 0 radical (unpaired) electrons. The zero-order valence-electron chi connectivity index (χ0n) is 11.5. The summed E-state index contributed by atoms with van der Waals surface area (Å²) in [4.78, 5) is 15.9. The number of oxazole rings is 1. The molecule has 0 atom stereocenters. The second-order valence-corrected chi connectivity index (χ2v) is 4.12. The Morgan fingerprint density at radius 2 is 2.29 bits per heavy atom. The van der Waals surface area contributed by atoms with E-state index in [0.29, 0.717) is 22.7 Å². The lowest BCUT2D eigenvalue weighted by Gasteiger charge is -2.11. The normalized spacial score (nSPS) is 11.2. The Hall–Kier alpha value is -3.03. The van der Waals surface area contributed by atoms with Crippen LogP contribution in [0.25, 0.3) is 0 Å². The molecule has 0 fully saturated rings. The number of amides is 1. The number of nitrogens with one attached hydrogen (secondary N) is 1. The van der Waals surface area contributed by atoms with E-state index < -0.39 is 5.91 Å². The fraction of sp³-hybridized carbons (Fsp3) is 0.154. The molecule has 1 aromatic heterocycles. The molecular weight excluding hydrogens is 276 g/mol. The predicted octanol–water partition coefficient (Wildman–Crippen LogP) is 1.34. The maximum absolute atomic E-state index is 12.1. The molecule has 8 heteroatoms. The molecule has 0 saturated heterocycles. The van der Waals surface area contributed by atoms with E-state index in [1.165, 1.54) is 19.6 Å². The maximum atomic E-state index is 12.1. The van der Waals surface area contributed by atoms with Gasteiger partial charge in [-0.25, -0.2) is 4.98 Å². The molecule has 2 rings (SSSR count). The van der Waals surface area contributed by atoms with Crippen LogP contribution in [-0.4, -0.2) is 29.0 Å². The molecule has 0 spiro atoms. The zero-order chi connectivity index (χ0) is 15.4. The summed E-state index contributed by atoms with van der Waals surface area (Å²) in [5.74, 6) is -0.0146.